The van der Waals surface area contributed by atoms with Crippen LogP contribution in [0.5, 0.6) is 11.6 Å². The van der Waals surface area contributed by atoms with Crippen LogP contribution in [0.2, 0.25) is 0 Å². The molecule has 236 valence electrons. The Bertz CT molecular complexity index is 2100. The molecule has 3 N–H and O–H groups in total. The first kappa shape index (κ1) is 29.5. The summed E-state index contributed by atoms with van der Waals surface area (Å²) in [6.07, 6.45) is 17.4. The number of hydrogen-bond acceptors (Lipinski definition) is 10. The highest BCUT2D eigenvalue weighted by molar-refractivity contribution is 7.94. The summed E-state index contributed by atoms with van der Waals surface area (Å²) in [5, 5.41) is 14.5. The lowest BCUT2D eigenvalue weighted by atomic mass is 9.91. The maximum Gasteiger partial charge on any atom is 0.407 e. The number of ether oxygens (including phenoxy) is 2. The van der Waals surface area contributed by atoms with Crippen LogP contribution in [-0.4, -0.2) is 83.5 Å². The molecule has 7 rings (SSSR count). The van der Waals surface area contributed by atoms with Crippen molar-refractivity contribution in [1.29, 1.82) is 0 Å². The number of amides is 1. The molecule has 0 saturated carbocycles. The molecule has 1 unspecified atom stereocenters. The van der Waals surface area contributed by atoms with Crippen LogP contribution in [0.15, 0.2) is 86.9 Å². The molecule has 1 amide bonds. The smallest absolute Gasteiger partial charge is 0.407 e. The van der Waals surface area contributed by atoms with Crippen LogP contribution >= 0.6 is 0 Å². The molecule has 0 aromatic carbocycles. The zero-order chi connectivity index (χ0) is 32.1. The minimum Gasteiger partial charge on any atom is -0.490 e. The monoisotopic (exact) mass is 641 g/mol. The van der Waals surface area contributed by atoms with E-state index < -0.39 is 21.5 Å². The molecule has 0 aliphatic carbocycles. The predicted octanol–water partition coefficient (Wildman–Crippen LogP) is 1.84. The molecule has 0 spiro atoms. The summed E-state index contributed by atoms with van der Waals surface area (Å²) < 4.78 is 38.8. The fourth-order valence-electron chi connectivity index (χ4n) is 6.18. The summed E-state index contributed by atoms with van der Waals surface area (Å²) in [5.41, 5.74) is 1.98. The Morgan fingerprint density at radius 1 is 1.04 bits per heavy atom. The van der Waals surface area contributed by atoms with E-state index in [1.165, 1.54) is 18.3 Å². The van der Waals surface area contributed by atoms with Crippen LogP contribution in [0.25, 0.3) is 12.2 Å². The molecular formula is C32H31N7O6S. The number of carbonyl (C=O) groups is 1. The number of sulfone groups is 1. The molecule has 2 aromatic rings. The highest BCUT2D eigenvalue weighted by atomic mass is 32.2. The number of H-pyrrole nitrogens is 1. The van der Waals surface area contributed by atoms with Crippen LogP contribution in [0, 0.1) is 0 Å². The van der Waals surface area contributed by atoms with Crippen molar-refractivity contribution in [2.24, 2.45) is 9.98 Å². The van der Waals surface area contributed by atoms with E-state index >= 15 is 0 Å². The zero-order valence-corrected chi connectivity index (χ0v) is 25.9. The highest BCUT2D eigenvalue weighted by Gasteiger charge is 2.43. The van der Waals surface area contributed by atoms with E-state index in [-0.39, 0.29) is 22.6 Å². The van der Waals surface area contributed by atoms with Crippen molar-refractivity contribution in [3.05, 3.63) is 93.3 Å². The van der Waals surface area contributed by atoms with Gasteiger partial charge in [0.2, 0.25) is 5.75 Å². The zero-order valence-electron chi connectivity index (χ0n) is 25.1. The van der Waals surface area contributed by atoms with E-state index in [0.717, 1.165) is 22.7 Å². The van der Waals surface area contributed by atoms with Crippen molar-refractivity contribution in [2.45, 2.75) is 30.9 Å². The van der Waals surface area contributed by atoms with Crippen LogP contribution in [0.4, 0.5) is 4.79 Å². The van der Waals surface area contributed by atoms with Crippen molar-refractivity contribution in [3.63, 3.8) is 0 Å². The van der Waals surface area contributed by atoms with E-state index in [1.807, 2.05) is 48.6 Å². The van der Waals surface area contributed by atoms with Crippen LogP contribution in [0.1, 0.15) is 25.0 Å². The molecule has 13 nitrogen and oxygen atoms in total. The van der Waals surface area contributed by atoms with Gasteiger partial charge in [0.1, 0.15) is 28.6 Å². The van der Waals surface area contributed by atoms with Crippen molar-refractivity contribution in [3.8, 4) is 11.6 Å². The Kier molecular flexibility index (Phi) is 7.23. The Morgan fingerprint density at radius 3 is 2.46 bits per heavy atom. The molecular weight excluding hydrogens is 610 g/mol. The van der Waals surface area contributed by atoms with E-state index in [2.05, 4.69) is 25.3 Å². The third-order valence-electron chi connectivity index (χ3n) is 8.30. The van der Waals surface area contributed by atoms with E-state index in [1.54, 1.807) is 12.2 Å². The highest BCUT2D eigenvalue weighted by Crippen LogP contribution is 2.44. The largest absolute Gasteiger partial charge is 0.490 e. The average Bonchev–Trinajstić information content (AvgIpc) is 3.83. The molecule has 2 aromatic heterocycles. The van der Waals surface area contributed by atoms with Crippen molar-refractivity contribution >= 4 is 39.5 Å². The fourth-order valence-corrected chi connectivity index (χ4v) is 7.20. The number of aliphatic imine (C=N–C) groups is 2. The number of carboxylic acid groups (broad SMARTS) is 1. The number of methoxy groups -OCH3 is 1. The van der Waals surface area contributed by atoms with Gasteiger partial charge in [-0.3, -0.25) is 0 Å². The quantitative estimate of drug-likeness (QED) is 0.441. The van der Waals surface area contributed by atoms with Gasteiger partial charge in [-0.2, -0.15) is 4.98 Å². The van der Waals surface area contributed by atoms with Gasteiger partial charge in [0.05, 0.1) is 35.6 Å². The van der Waals surface area contributed by atoms with Gasteiger partial charge in [0, 0.05) is 49.3 Å². The van der Waals surface area contributed by atoms with Crippen LogP contribution in [0.3, 0.4) is 0 Å². The first-order valence-corrected chi connectivity index (χ1v) is 16.6. The summed E-state index contributed by atoms with van der Waals surface area (Å²) in [7, 11) is -2.27. The van der Waals surface area contributed by atoms with Crippen LogP contribution < -0.4 is 25.5 Å². The van der Waals surface area contributed by atoms with Crippen molar-refractivity contribution < 1.29 is 27.8 Å². The van der Waals surface area contributed by atoms with Gasteiger partial charge in [-0.15, -0.1) is 0 Å². The second-order valence-corrected chi connectivity index (χ2v) is 13.5. The number of allylic oxidation sites excluding steroid dienone is 4. The average molecular weight is 642 g/mol. The second kappa shape index (κ2) is 11.3. The van der Waals surface area contributed by atoms with Gasteiger partial charge in [-0.1, -0.05) is 6.08 Å². The van der Waals surface area contributed by atoms with Gasteiger partial charge in [-0.25, -0.2) is 28.2 Å². The number of piperidine rings is 1. The minimum absolute atomic E-state index is 0.0564. The number of fused-ring (bicyclic) bond motifs is 6. The first-order valence-electron chi connectivity index (χ1n) is 14.7. The normalized spacial score (nSPS) is 22.3. The lowest BCUT2D eigenvalue weighted by Crippen LogP contribution is -2.41. The van der Waals surface area contributed by atoms with Gasteiger partial charge < -0.3 is 29.8 Å². The molecule has 5 aliphatic heterocycles. The summed E-state index contributed by atoms with van der Waals surface area (Å²) >= 11 is 0. The number of hydrogen-bond donors (Lipinski definition) is 3. The maximum absolute atomic E-state index is 13.3. The maximum atomic E-state index is 13.3. The number of rotatable bonds is 5. The molecule has 5 aliphatic rings. The Balaban J connectivity index is 1.35. The number of aromatic nitrogens is 3. The predicted molar refractivity (Wildman–Crippen MR) is 171 cm³/mol. The standard InChI is InChI=1S/C32H31N7O6S/c1-44-27-29(33-18-34-30(27)45-24-10-13-39(14-11-24)31(40)41)32-12-9-26(38-32)28(46(2,42)43)25-8-7-22(37-25)16-20-4-3-19(35-20)15-21-5-6-23(17-32)36-21/h3-9,15-18,24,35,38H,10-14H2,1-2H3,(H,40,41). The molecule has 1 atom stereocenters. The number of aromatic amines is 1. The number of likely N-dealkylation sites (tertiary alicyclic amines) is 1. The SMILES string of the molecule is COc1c(OC2CCN(C(=O)O)CC2)ncnc1C12C=C3C=CC(=N3)C=c3ccc([nH]3)=CC3=NC(=C(S(C)(=O)=O)C(=CC1)N2)C=C3. The van der Waals surface area contributed by atoms with Crippen LogP contribution in [-0.2, 0) is 15.4 Å². The lowest BCUT2D eigenvalue weighted by Gasteiger charge is -2.32. The summed E-state index contributed by atoms with van der Waals surface area (Å²) in [4.78, 5) is 34.6. The van der Waals surface area contributed by atoms with E-state index in [9.17, 15) is 18.3 Å². The van der Waals surface area contributed by atoms with E-state index in [0.29, 0.717) is 60.8 Å². The first-order chi connectivity index (χ1) is 22.1. The molecule has 7 heterocycles. The lowest BCUT2D eigenvalue weighted by molar-refractivity contribution is 0.0848. The summed E-state index contributed by atoms with van der Waals surface area (Å²) in [6, 6.07) is 3.86. The second-order valence-electron chi connectivity index (χ2n) is 11.5. The van der Waals surface area contributed by atoms with Gasteiger partial charge in [0.15, 0.2) is 9.84 Å². The fraction of sp³-hybridized carbons (Fsp3) is 0.281. The Hall–Kier alpha value is -5.24. The van der Waals surface area contributed by atoms with E-state index in [4.69, 9.17) is 14.5 Å². The molecule has 1 saturated heterocycles. The third-order valence-corrected chi connectivity index (χ3v) is 9.47. The Labute approximate surface area is 264 Å². The van der Waals surface area contributed by atoms with Crippen molar-refractivity contribution in [2.75, 3.05) is 26.5 Å². The molecule has 14 heteroatoms. The van der Waals surface area contributed by atoms with Gasteiger partial charge in [0.25, 0.3) is 5.88 Å². The minimum atomic E-state index is -3.76. The third kappa shape index (κ3) is 5.55. The number of nitrogens with zero attached hydrogens (tertiary/aromatic N) is 5. The molecule has 1 fully saturated rings. The topological polar surface area (TPSA) is 171 Å². The molecule has 0 radical (unpaired) electrons. The van der Waals surface area contributed by atoms with Gasteiger partial charge in [-0.05, 0) is 54.7 Å². The summed E-state index contributed by atoms with van der Waals surface area (Å²) in [6.45, 7) is 0.690. The van der Waals surface area contributed by atoms with Crippen molar-refractivity contribution in [1.82, 2.24) is 25.2 Å². The molecule has 46 heavy (non-hydrogen) atoms. The Morgan fingerprint density at radius 2 is 1.76 bits per heavy atom. The molecule has 8 bridgehead atoms. The van der Waals surface area contributed by atoms with Gasteiger partial charge >= 0.3 is 6.09 Å². The number of nitrogens with one attached hydrogen (secondary N) is 2. The summed E-state index contributed by atoms with van der Waals surface area (Å²) in [5.74, 6) is 0.487.